The summed E-state index contributed by atoms with van der Waals surface area (Å²) in [5.74, 6) is 1.01. The van der Waals surface area contributed by atoms with Crippen LogP contribution in [0, 0.1) is 5.82 Å². The summed E-state index contributed by atoms with van der Waals surface area (Å²) in [5, 5.41) is 3.57. The molecule has 18 heavy (non-hydrogen) atoms. The van der Waals surface area contributed by atoms with Gasteiger partial charge in [-0.05, 0) is 44.0 Å². The van der Waals surface area contributed by atoms with Gasteiger partial charge in [-0.1, -0.05) is 13.3 Å². The van der Waals surface area contributed by atoms with Gasteiger partial charge in [-0.2, -0.15) is 0 Å². The van der Waals surface area contributed by atoms with E-state index < -0.39 is 0 Å². The van der Waals surface area contributed by atoms with Gasteiger partial charge in [0.05, 0.1) is 7.11 Å². The number of ether oxygens (including phenoxy) is 1. The Labute approximate surface area is 109 Å². The van der Waals surface area contributed by atoms with E-state index >= 15 is 0 Å². The molecule has 1 fully saturated rings. The van der Waals surface area contributed by atoms with E-state index in [1.54, 1.807) is 19.2 Å². The molecule has 1 aromatic carbocycles. The first-order valence-electron chi connectivity index (χ1n) is 6.83. The van der Waals surface area contributed by atoms with Gasteiger partial charge in [0, 0.05) is 17.5 Å². The highest BCUT2D eigenvalue weighted by Gasteiger charge is 2.30. The smallest absolute Gasteiger partial charge is 0.123 e. The normalized spacial score (nSPS) is 23.3. The van der Waals surface area contributed by atoms with E-state index in [1.165, 1.54) is 18.9 Å². The van der Waals surface area contributed by atoms with Gasteiger partial charge in [0.2, 0.25) is 0 Å². The topological polar surface area (TPSA) is 21.3 Å². The maximum Gasteiger partial charge on any atom is 0.123 e. The van der Waals surface area contributed by atoms with Crippen LogP contribution in [0.1, 0.15) is 44.1 Å². The third kappa shape index (κ3) is 2.83. The van der Waals surface area contributed by atoms with Crippen molar-refractivity contribution < 1.29 is 9.13 Å². The maximum absolute atomic E-state index is 13.4. The third-order valence-electron chi connectivity index (χ3n) is 3.76. The third-order valence-corrected chi connectivity index (χ3v) is 3.76. The predicted molar refractivity (Wildman–Crippen MR) is 71.6 cm³/mol. The molecule has 100 valence electrons. The van der Waals surface area contributed by atoms with Crippen LogP contribution in [0.4, 0.5) is 4.39 Å². The van der Waals surface area contributed by atoms with E-state index in [4.69, 9.17) is 4.74 Å². The number of hydrogen-bond acceptors (Lipinski definition) is 2. The average molecular weight is 251 g/mol. The summed E-state index contributed by atoms with van der Waals surface area (Å²) in [6, 6.07) is 5.29. The molecule has 0 bridgehead atoms. The molecular weight excluding hydrogens is 229 g/mol. The standard InChI is InChI=1S/C15H22FNO/c1-3-9-17-14-6-4-5-12(14)13-10-11(16)7-8-15(13)18-2/h7-8,10,12,14,17H,3-6,9H2,1-2H3. The zero-order valence-electron chi connectivity index (χ0n) is 11.2. The lowest BCUT2D eigenvalue weighted by molar-refractivity contribution is 0.395. The van der Waals surface area contributed by atoms with E-state index in [0.29, 0.717) is 12.0 Å². The number of benzene rings is 1. The van der Waals surface area contributed by atoms with Crippen molar-refractivity contribution in [2.75, 3.05) is 13.7 Å². The first kappa shape index (κ1) is 13.3. The van der Waals surface area contributed by atoms with Crippen LogP contribution in [0.15, 0.2) is 18.2 Å². The van der Waals surface area contributed by atoms with Crippen molar-refractivity contribution in [1.29, 1.82) is 0 Å². The van der Waals surface area contributed by atoms with Crippen LogP contribution < -0.4 is 10.1 Å². The lowest BCUT2D eigenvalue weighted by Gasteiger charge is -2.23. The Morgan fingerprint density at radius 1 is 1.39 bits per heavy atom. The second-order valence-electron chi connectivity index (χ2n) is 4.98. The van der Waals surface area contributed by atoms with Crippen molar-refractivity contribution in [2.45, 2.75) is 44.6 Å². The molecule has 2 atom stereocenters. The number of rotatable bonds is 5. The van der Waals surface area contributed by atoms with Crippen molar-refractivity contribution >= 4 is 0 Å². The summed E-state index contributed by atoms with van der Waals surface area (Å²) in [6.45, 7) is 3.19. The SMILES string of the molecule is CCCNC1CCCC1c1cc(F)ccc1OC. The van der Waals surface area contributed by atoms with E-state index in [-0.39, 0.29) is 5.82 Å². The molecule has 0 heterocycles. The molecule has 1 N–H and O–H groups in total. The molecule has 1 aliphatic rings. The molecule has 2 nitrogen and oxygen atoms in total. The van der Waals surface area contributed by atoms with Crippen molar-refractivity contribution in [3.63, 3.8) is 0 Å². The van der Waals surface area contributed by atoms with Gasteiger partial charge in [0.25, 0.3) is 0 Å². The summed E-state index contributed by atoms with van der Waals surface area (Å²) in [4.78, 5) is 0. The Kier molecular flexibility index (Phi) is 4.59. The molecular formula is C15H22FNO. The molecule has 1 aliphatic carbocycles. The maximum atomic E-state index is 13.4. The molecule has 1 saturated carbocycles. The monoisotopic (exact) mass is 251 g/mol. The lowest BCUT2D eigenvalue weighted by atomic mass is 9.93. The molecule has 0 amide bonds. The minimum absolute atomic E-state index is 0.174. The quantitative estimate of drug-likeness (QED) is 0.865. The van der Waals surface area contributed by atoms with Crippen LogP contribution in [-0.4, -0.2) is 19.7 Å². The molecule has 1 aromatic rings. The fourth-order valence-corrected chi connectivity index (χ4v) is 2.90. The molecule has 0 aliphatic heterocycles. The first-order chi connectivity index (χ1) is 8.76. The van der Waals surface area contributed by atoms with Gasteiger partial charge in [-0.25, -0.2) is 4.39 Å². The van der Waals surface area contributed by atoms with Gasteiger partial charge in [-0.3, -0.25) is 0 Å². The average Bonchev–Trinajstić information content (AvgIpc) is 2.84. The van der Waals surface area contributed by atoms with Gasteiger partial charge in [0.15, 0.2) is 0 Å². The van der Waals surface area contributed by atoms with Crippen LogP contribution in [0.5, 0.6) is 5.75 Å². The summed E-state index contributed by atoms with van der Waals surface area (Å²) >= 11 is 0. The first-order valence-corrected chi connectivity index (χ1v) is 6.83. The largest absolute Gasteiger partial charge is 0.496 e. The van der Waals surface area contributed by atoms with E-state index in [9.17, 15) is 4.39 Å². The second-order valence-corrected chi connectivity index (χ2v) is 4.98. The van der Waals surface area contributed by atoms with Crippen LogP contribution >= 0.6 is 0 Å². The Balaban J connectivity index is 2.20. The second kappa shape index (κ2) is 6.19. The fourth-order valence-electron chi connectivity index (χ4n) is 2.90. The molecule has 0 saturated heterocycles. The van der Waals surface area contributed by atoms with Gasteiger partial charge in [0.1, 0.15) is 11.6 Å². The van der Waals surface area contributed by atoms with Gasteiger partial charge < -0.3 is 10.1 Å². The van der Waals surface area contributed by atoms with Crippen LogP contribution in [0.2, 0.25) is 0 Å². The lowest BCUT2D eigenvalue weighted by Crippen LogP contribution is -2.32. The molecule has 0 radical (unpaired) electrons. The molecule has 0 spiro atoms. The highest BCUT2D eigenvalue weighted by Crippen LogP contribution is 2.39. The Bertz CT molecular complexity index is 394. The summed E-state index contributed by atoms with van der Waals surface area (Å²) in [6.07, 6.45) is 4.61. The van der Waals surface area contributed by atoms with Crippen LogP contribution in [0.25, 0.3) is 0 Å². The summed E-state index contributed by atoms with van der Waals surface area (Å²) in [7, 11) is 1.65. The van der Waals surface area contributed by atoms with Crippen molar-refractivity contribution in [2.24, 2.45) is 0 Å². The Morgan fingerprint density at radius 2 is 2.22 bits per heavy atom. The molecule has 2 rings (SSSR count). The van der Waals surface area contributed by atoms with E-state index in [0.717, 1.165) is 30.7 Å². The number of nitrogens with one attached hydrogen (secondary N) is 1. The Hall–Kier alpha value is -1.09. The summed E-state index contributed by atoms with van der Waals surface area (Å²) in [5.41, 5.74) is 1.02. The van der Waals surface area contributed by atoms with Gasteiger partial charge >= 0.3 is 0 Å². The minimum Gasteiger partial charge on any atom is -0.496 e. The minimum atomic E-state index is -0.174. The highest BCUT2D eigenvalue weighted by atomic mass is 19.1. The highest BCUT2D eigenvalue weighted by molar-refractivity contribution is 5.38. The van der Waals surface area contributed by atoms with Crippen molar-refractivity contribution in [1.82, 2.24) is 5.32 Å². The van der Waals surface area contributed by atoms with Gasteiger partial charge in [-0.15, -0.1) is 0 Å². The number of halogens is 1. The van der Waals surface area contributed by atoms with Crippen LogP contribution in [-0.2, 0) is 0 Å². The molecule has 2 unspecified atom stereocenters. The number of hydrogen-bond donors (Lipinski definition) is 1. The molecule has 0 aromatic heterocycles. The van der Waals surface area contributed by atoms with Crippen molar-refractivity contribution in [3.05, 3.63) is 29.6 Å². The summed E-state index contributed by atoms with van der Waals surface area (Å²) < 4.78 is 18.8. The van der Waals surface area contributed by atoms with E-state index in [2.05, 4.69) is 12.2 Å². The zero-order chi connectivity index (χ0) is 13.0. The fraction of sp³-hybridized carbons (Fsp3) is 0.600. The van der Waals surface area contributed by atoms with E-state index in [1.807, 2.05) is 0 Å². The molecule has 3 heteroatoms. The number of methoxy groups -OCH3 is 1. The predicted octanol–water partition coefficient (Wildman–Crippen LogP) is 3.47. The Morgan fingerprint density at radius 3 is 2.94 bits per heavy atom. The van der Waals surface area contributed by atoms with Crippen LogP contribution in [0.3, 0.4) is 0 Å². The van der Waals surface area contributed by atoms with Crippen molar-refractivity contribution in [3.8, 4) is 5.75 Å². The zero-order valence-corrected chi connectivity index (χ0v) is 11.2.